The van der Waals surface area contributed by atoms with Crippen molar-refractivity contribution < 1.29 is 4.79 Å². The number of nitrogens with zero attached hydrogens (tertiary/aromatic N) is 3. The fourth-order valence-electron chi connectivity index (χ4n) is 0.712. The van der Waals surface area contributed by atoms with Gasteiger partial charge in [0.2, 0.25) is 0 Å². The lowest BCUT2D eigenvalue weighted by Gasteiger charge is -2.05. The van der Waals surface area contributed by atoms with Crippen molar-refractivity contribution in [2.24, 2.45) is 0 Å². The van der Waals surface area contributed by atoms with Gasteiger partial charge in [0.15, 0.2) is 5.78 Å². The molecule has 0 aliphatic heterocycles. The molecule has 0 saturated carbocycles. The highest BCUT2D eigenvalue weighted by atomic mass is 16.1. The Kier molecular flexibility index (Phi) is 5.08. The Labute approximate surface area is 84.7 Å². The van der Waals surface area contributed by atoms with Crippen LogP contribution in [0.2, 0.25) is 0 Å². The first-order valence-electron chi connectivity index (χ1n) is 4.14. The second-order valence-corrected chi connectivity index (χ2v) is 3.26. The molecular weight excluding hydrogens is 178 g/mol. The van der Waals surface area contributed by atoms with Gasteiger partial charge in [0.25, 0.3) is 0 Å². The van der Waals surface area contributed by atoms with Crippen LogP contribution in [0.1, 0.15) is 0 Å². The summed E-state index contributed by atoms with van der Waals surface area (Å²) < 4.78 is 0. The lowest BCUT2D eigenvalue weighted by atomic mass is 10.2. The normalized spacial score (nSPS) is 11.2. The van der Waals surface area contributed by atoms with E-state index in [1.807, 2.05) is 20.2 Å². The van der Waals surface area contributed by atoms with Gasteiger partial charge in [0, 0.05) is 46.7 Å². The molecule has 0 N–H and O–H groups in total. The van der Waals surface area contributed by atoms with Gasteiger partial charge in [-0.05, 0) is 0 Å². The van der Waals surface area contributed by atoms with Crippen LogP contribution in [-0.2, 0) is 4.79 Å². The van der Waals surface area contributed by atoms with Gasteiger partial charge in [-0.15, -0.1) is 0 Å². The molecule has 4 nitrogen and oxygen atoms in total. The summed E-state index contributed by atoms with van der Waals surface area (Å²) in [7, 11) is 7.15. The van der Waals surface area contributed by atoms with Crippen molar-refractivity contribution in [2.75, 3.05) is 28.2 Å². The number of ketones is 1. The molecule has 0 spiro atoms. The maximum atomic E-state index is 11.4. The highest BCUT2D eigenvalue weighted by Crippen LogP contribution is 1.97. The highest BCUT2D eigenvalue weighted by Gasteiger charge is 2.04. The van der Waals surface area contributed by atoms with E-state index in [2.05, 4.69) is 0 Å². The van der Waals surface area contributed by atoms with E-state index in [4.69, 9.17) is 5.26 Å². The third-order valence-electron chi connectivity index (χ3n) is 1.30. The van der Waals surface area contributed by atoms with E-state index in [0.717, 1.165) is 0 Å². The Balaban J connectivity index is 4.59. The van der Waals surface area contributed by atoms with Crippen LogP contribution in [0.15, 0.2) is 24.0 Å². The lowest BCUT2D eigenvalue weighted by molar-refractivity contribution is -0.111. The molecular formula is C10H15N3O. The van der Waals surface area contributed by atoms with Crippen molar-refractivity contribution in [3.05, 3.63) is 24.0 Å². The molecule has 14 heavy (non-hydrogen) atoms. The first-order valence-corrected chi connectivity index (χ1v) is 4.14. The van der Waals surface area contributed by atoms with E-state index < -0.39 is 0 Å². The van der Waals surface area contributed by atoms with Crippen molar-refractivity contribution >= 4 is 5.78 Å². The first-order chi connectivity index (χ1) is 6.47. The molecule has 4 heteroatoms. The summed E-state index contributed by atoms with van der Waals surface area (Å²) in [5, 5.41) is 8.70. The predicted molar refractivity (Wildman–Crippen MR) is 55.2 cm³/mol. The van der Waals surface area contributed by atoms with E-state index in [9.17, 15) is 4.79 Å². The Hall–Kier alpha value is -1.76. The van der Waals surface area contributed by atoms with Crippen LogP contribution in [0, 0.1) is 11.3 Å². The molecule has 0 aromatic carbocycles. The summed E-state index contributed by atoms with van der Waals surface area (Å²) in [6.45, 7) is 0. The van der Waals surface area contributed by atoms with Gasteiger partial charge < -0.3 is 9.80 Å². The monoisotopic (exact) mass is 193 g/mol. The molecule has 0 rings (SSSR count). The van der Waals surface area contributed by atoms with E-state index >= 15 is 0 Å². The molecule has 76 valence electrons. The predicted octanol–water partition coefficient (Wildman–Crippen LogP) is 0.600. The molecule has 0 unspecified atom stereocenters. The quantitative estimate of drug-likeness (QED) is 0.484. The fraction of sp³-hybridized carbons (Fsp3) is 0.400. The van der Waals surface area contributed by atoms with E-state index in [1.54, 1.807) is 30.1 Å². The van der Waals surface area contributed by atoms with Gasteiger partial charge in [0.1, 0.15) is 11.6 Å². The second kappa shape index (κ2) is 5.81. The maximum absolute atomic E-state index is 11.4. The van der Waals surface area contributed by atoms with E-state index in [0.29, 0.717) is 0 Å². The zero-order valence-corrected chi connectivity index (χ0v) is 8.98. The van der Waals surface area contributed by atoms with Gasteiger partial charge in [-0.3, -0.25) is 4.79 Å². The minimum absolute atomic E-state index is 0.133. The zero-order valence-electron chi connectivity index (χ0n) is 8.98. The van der Waals surface area contributed by atoms with Crippen LogP contribution in [0.3, 0.4) is 0 Å². The van der Waals surface area contributed by atoms with Crippen LogP contribution < -0.4 is 0 Å². The second-order valence-electron chi connectivity index (χ2n) is 3.26. The molecule has 0 aliphatic carbocycles. The van der Waals surface area contributed by atoms with Crippen molar-refractivity contribution in [2.45, 2.75) is 0 Å². The average molecular weight is 193 g/mol. The number of carbonyl (C=O) groups is 1. The van der Waals surface area contributed by atoms with Gasteiger partial charge >= 0.3 is 0 Å². The minimum atomic E-state index is -0.282. The molecule has 0 aliphatic rings. The van der Waals surface area contributed by atoms with Gasteiger partial charge in [-0.25, -0.2) is 0 Å². The van der Waals surface area contributed by atoms with Crippen molar-refractivity contribution in [3.63, 3.8) is 0 Å². The third-order valence-corrected chi connectivity index (χ3v) is 1.30. The Morgan fingerprint density at radius 2 is 1.79 bits per heavy atom. The SMILES string of the molecule is CN(C)/C=C/C(=O)/C(C#N)=C/N(C)C. The molecule has 0 amide bonds. The molecule has 0 saturated heterocycles. The van der Waals surface area contributed by atoms with Crippen LogP contribution in [-0.4, -0.2) is 43.8 Å². The average Bonchev–Trinajstić information content (AvgIpc) is 2.09. The maximum Gasteiger partial charge on any atom is 0.199 e. The number of hydrogen-bond donors (Lipinski definition) is 0. The van der Waals surface area contributed by atoms with E-state index in [-0.39, 0.29) is 11.4 Å². The largest absolute Gasteiger partial charge is 0.383 e. The molecule has 0 aromatic rings. The smallest absolute Gasteiger partial charge is 0.199 e. The summed E-state index contributed by atoms with van der Waals surface area (Å²) in [5.74, 6) is -0.282. The van der Waals surface area contributed by atoms with Crippen LogP contribution in [0.4, 0.5) is 0 Å². The lowest BCUT2D eigenvalue weighted by Crippen LogP contribution is -2.08. The van der Waals surface area contributed by atoms with Gasteiger partial charge in [0.05, 0.1) is 0 Å². The number of nitriles is 1. The molecule has 0 heterocycles. The number of rotatable bonds is 4. The van der Waals surface area contributed by atoms with Crippen molar-refractivity contribution in [1.82, 2.24) is 9.80 Å². The number of carbonyl (C=O) groups excluding carboxylic acids is 1. The molecule has 0 atom stereocenters. The van der Waals surface area contributed by atoms with Crippen molar-refractivity contribution in [1.29, 1.82) is 5.26 Å². The fourth-order valence-corrected chi connectivity index (χ4v) is 0.712. The molecule has 0 radical (unpaired) electrons. The Bertz CT molecular complexity index is 295. The van der Waals surface area contributed by atoms with Crippen molar-refractivity contribution in [3.8, 4) is 6.07 Å². The molecule has 0 bridgehead atoms. The standard InChI is InChI=1S/C10H15N3O/c1-12(2)6-5-10(14)9(7-11)8-13(3)4/h5-6,8H,1-4H3/b6-5+,9-8+. The zero-order chi connectivity index (χ0) is 11.1. The summed E-state index contributed by atoms with van der Waals surface area (Å²) in [6, 6.07) is 1.86. The summed E-state index contributed by atoms with van der Waals surface area (Å²) in [5.41, 5.74) is 0.133. The topological polar surface area (TPSA) is 47.3 Å². The molecule has 0 fully saturated rings. The Morgan fingerprint density at radius 3 is 2.14 bits per heavy atom. The molecule has 0 aromatic heterocycles. The third kappa shape index (κ3) is 4.99. The number of hydrogen-bond acceptors (Lipinski definition) is 4. The Morgan fingerprint density at radius 1 is 1.21 bits per heavy atom. The van der Waals surface area contributed by atoms with Crippen LogP contribution in [0.25, 0.3) is 0 Å². The summed E-state index contributed by atoms with van der Waals surface area (Å²) in [6.07, 6.45) is 4.49. The van der Waals surface area contributed by atoms with Crippen LogP contribution >= 0.6 is 0 Å². The van der Waals surface area contributed by atoms with Gasteiger partial charge in [-0.2, -0.15) is 5.26 Å². The van der Waals surface area contributed by atoms with E-state index in [1.165, 1.54) is 12.3 Å². The summed E-state index contributed by atoms with van der Waals surface area (Å²) >= 11 is 0. The highest BCUT2D eigenvalue weighted by molar-refractivity contribution is 6.06. The minimum Gasteiger partial charge on any atom is -0.383 e. The summed E-state index contributed by atoms with van der Waals surface area (Å²) in [4.78, 5) is 14.8. The van der Waals surface area contributed by atoms with Crippen LogP contribution in [0.5, 0.6) is 0 Å². The number of allylic oxidation sites excluding steroid dienone is 2. The first kappa shape index (κ1) is 12.2. The van der Waals surface area contributed by atoms with Gasteiger partial charge in [-0.1, -0.05) is 0 Å².